The van der Waals surface area contributed by atoms with Gasteiger partial charge in [0.2, 0.25) is 0 Å². The number of pyridine rings is 1. The Morgan fingerprint density at radius 3 is 2.54 bits per heavy atom. The molecule has 2 heterocycles. The molecule has 4 rings (SSSR count). The van der Waals surface area contributed by atoms with Crippen molar-refractivity contribution in [2.45, 2.75) is 19.2 Å². The van der Waals surface area contributed by atoms with E-state index >= 15 is 0 Å². The van der Waals surface area contributed by atoms with Crippen molar-refractivity contribution in [1.29, 1.82) is 0 Å². The van der Waals surface area contributed by atoms with Crippen LogP contribution in [0.25, 0.3) is 17.1 Å². The highest BCUT2D eigenvalue weighted by molar-refractivity contribution is 5.89. The van der Waals surface area contributed by atoms with E-state index < -0.39 is 29.2 Å². The molecule has 12 heteroatoms. The number of aromatic nitrogens is 3. The molecule has 0 bridgehead atoms. The zero-order chi connectivity index (χ0) is 28.0. The van der Waals surface area contributed by atoms with Gasteiger partial charge in [0.25, 0.3) is 0 Å². The largest absolute Gasteiger partial charge is 0.493 e. The summed E-state index contributed by atoms with van der Waals surface area (Å²) in [4.78, 5) is 15.6. The molecule has 1 N–H and O–H groups in total. The van der Waals surface area contributed by atoms with Crippen LogP contribution in [0.3, 0.4) is 0 Å². The third-order valence-corrected chi connectivity index (χ3v) is 5.55. The van der Waals surface area contributed by atoms with Crippen molar-refractivity contribution >= 4 is 5.97 Å². The first-order valence-electron chi connectivity index (χ1n) is 11.7. The van der Waals surface area contributed by atoms with Crippen LogP contribution in [-0.4, -0.2) is 46.2 Å². The van der Waals surface area contributed by atoms with Crippen LogP contribution >= 0.6 is 0 Å². The highest BCUT2D eigenvalue weighted by atomic mass is 19.4. The molecule has 0 aliphatic carbocycles. The normalized spacial score (nSPS) is 11.4. The van der Waals surface area contributed by atoms with Gasteiger partial charge in [0.15, 0.2) is 11.5 Å². The van der Waals surface area contributed by atoms with Crippen molar-refractivity contribution in [1.82, 2.24) is 14.8 Å². The molecular formula is C27H23F4N3O5. The van der Waals surface area contributed by atoms with Gasteiger partial charge in [-0.3, -0.25) is 0 Å². The van der Waals surface area contributed by atoms with Crippen LogP contribution in [0.15, 0.2) is 66.9 Å². The number of para-hydroxylation sites is 1. The van der Waals surface area contributed by atoms with Crippen LogP contribution in [0.5, 0.6) is 11.5 Å². The fraction of sp³-hybridized carbons (Fsp3) is 0.222. The number of hydrogen-bond donors (Lipinski definition) is 1. The molecule has 0 spiro atoms. The van der Waals surface area contributed by atoms with Crippen molar-refractivity contribution in [2.75, 3.05) is 20.3 Å². The summed E-state index contributed by atoms with van der Waals surface area (Å²) >= 11 is 0. The molecule has 0 amide bonds. The molecule has 0 saturated carbocycles. The van der Waals surface area contributed by atoms with Crippen molar-refractivity contribution < 1.29 is 41.7 Å². The average molecular weight is 545 g/mol. The zero-order valence-electron chi connectivity index (χ0n) is 20.6. The molecule has 0 aliphatic rings. The summed E-state index contributed by atoms with van der Waals surface area (Å²) in [6, 6.07) is 15.3. The summed E-state index contributed by atoms with van der Waals surface area (Å²) in [5, 5.41) is 12.8. The summed E-state index contributed by atoms with van der Waals surface area (Å²) in [6.45, 7) is 0.773. The third-order valence-electron chi connectivity index (χ3n) is 5.55. The number of rotatable bonds is 11. The molecule has 2 aromatic carbocycles. The molecule has 0 unspecified atom stereocenters. The maximum Gasteiger partial charge on any atom is 0.434 e. The molecule has 0 saturated heterocycles. The van der Waals surface area contributed by atoms with Gasteiger partial charge in [0.1, 0.15) is 29.5 Å². The number of ether oxygens (including phenoxy) is 3. The number of alkyl halides is 3. The first-order chi connectivity index (χ1) is 18.7. The van der Waals surface area contributed by atoms with E-state index in [0.717, 1.165) is 0 Å². The minimum atomic E-state index is -4.99. The minimum absolute atomic E-state index is 0.133. The highest BCUT2D eigenvalue weighted by Gasteiger charge is 2.41. The van der Waals surface area contributed by atoms with E-state index in [4.69, 9.17) is 14.2 Å². The van der Waals surface area contributed by atoms with Gasteiger partial charge in [0, 0.05) is 37.3 Å². The van der Waals surface area contributed by atoms with Crippen LogP contribution < -0.4 is 9.47 Å². The lowest BCUT2D eigenvalue weighted by atomic mass is 10.1. The smallest absolute Gasteiger partial charge is 0.434 e. The summed E-state index contributed by atoms with van der Waals surface area (Å²) < 4.78 is 72.4. The fourth-order valence-corrected chi connectivity index (χ4v) is 3.73. The van der Waals surface area contributed by atoms with Gasteiger partial charge in [-0.25, -0.2) is 18.9 Å². The van der Waals surface area contributed by atoms with E-state index in [-0.39, 0.29) is 23.7 Å². The van der Waals surface area contributed by atoms with Gasteiger partial charge >= 0.3 is 12.1 Å². The number of aromatic carboxylic acids is 1. The Morgan fingerprint density at radius 2 is 1.82 bits per heavy atom. The molecular weight excluding hydrogens is 522 g/mol. The number of methoxy groups -OCH3 is 1. The molecule has 2 aromatic heterocycles. The molecule has 204 valence electrons. The Kier molecular flexibility index (Phi) is 8.45. The Morgan fingerprint density at radius 1 is 1.03 bits per heavy atom. The predicted octanol–water partition coefficient (Wildman–Crippen LogP) is 5.78. The maximum atomic E-state index is 14.6. The SMILES string of the molecule is COCCCOc1ccc(COc2ccccc2-c2cccc(-n3ncc(C(=O)O)c3C(F)(F)F)n2)c(F)c1. The molecule has 0 fully saturated rings. The molecule has 0 aliphatic heterocycles. The van der Waals surface area contributed by atoms with E-state index in [1.807, 2.05) is 0 Å². The number of nitrogens with zero attached hydrogens (tertiary/aromatic N) is 3. The van der Waals surface area contributed by atoms with Crippen LogP contribution in [0.2, 0.25) is 0 Å². The van der Waals surface area contributed by atoms with Crippen LogP contribution in [0.1, 0.15) is 28.0 Å². The second-order valence-electron chi connectivity index (χ2n) is 8.24. The number of hydrogen-bond acceptors (Lipinski definition) is 6. The van der Waals surface area contributed by atoms with Gasteiger partial charge in [-0.15, -0.1) is 0 Å². The van der Waals surface area contributed by atoms with Crippen LogP contribution in [0, 0.1) is 5.82 Å². The summed E-state index contributed by atoms with van der Waals surface area (Å²) in [7, 11) is 1.58. The van der Waals surface area contributed by atoms with E-state index in [0.29, 0.717) is 47.6 Å². The molecule has 4 aromatic rings. The first-order valence-corrected chi connectivity index (χ1v) is 11.7. The Balaban J connectivity index is 1.57. The first kappa shape index (κ1) is 27.6. The summed E-state index contributed by atoms with van der Waals surface area (Å²) in [5.74, 6) is -1.85. The minimum Gasteiger partial charge on any atom is -0.493 e. The molecule has 39 heavy (non-hydrogen) atoms. The standard InChI is InChI=1S/C27H23F4N3O5/c1-37-12-5-13-38-18-11-10-17(21(28)14-18)16-39-23-8-3-2-6-19(23)22-7-4-9-24(33-22)34-25(27(29,30)31)20(15-32-34)26(35)36/h2-4,6-11,14-15H,5,12-13,16H2,1H3,(H,35,36). The monoisotopic (exact) mass is 545 g/mol. The van der Waals surface area contributed by atoms with Crippen molar-refractivity contribution in [3.05, 3.63) is 89.5 Å². The molecule has 8 nitrogen and oxygen atoms in total. The van der Waals surface area contributed by atoms with Crippen LogP contribution in [0.4, 0.5) is 17.6 Å². The molecule has 0 atom stereocenters. The number of carboxylic acids is 1. The second kappa shape index (κ2) is 11.9. The second-order valence-corrected chi connectivity index (χ2v) is 8.24. The third kappa shape index (κ3) is 6.52. The van der Waals surface area contributed by atoms with Gasteiger partial charge in [0.05, 0.1) is 18.5 Å². The van der Waals surface area contributed by atoms with Crippen molar-refractivity contribution in [3.63, 3.8) is 0 Å². The van der Waals surface area contributed by atoms with Gasteiger partial charge in [-0.2, -0.15) is 18.3 Å². The van der Waals surface area contributed by atoms with Crippen molar-refractivity contribution in [2.24, 2.45) is 0 Å². The lowest BCUT2D eigenvalue weighted by Gasteiger charge is -2.14. The number of halogens is 4. The summed E-state index contributed by atoms with van der Waals surface area (Å²) in [5.41, 5.74) is -1.51. The number of carboxylic acid groups (broad SMARTS) is 1. The predicted molar refractivity (Wildman–Crippen MR) is 131 cm³/mol. The van der Waals surface area contributed by atoms with Gasteiger partial charge in [-0.1, -0.05) is 18.2 Å². The summed E-state index contributed by atoms with van der Waals surface area (Å²) in [6.07, 6.45) is -3.70. The van der Waals surface area contributed by atoms with Gasteiger partial charge in [-0.05, 0) is 36.4 Å². The van der Waals surface area contributed by atoms with Gasteiger partial charge < -0.3 is 19.3 Å². The topological polar surface area (TPSA) is 95.7 Å². The highest BCUT2D eigenvalue weighted by Crippen LogP contribution is 2.35. The number of benzene rings is 2. The van der Waals surface area contributed by atoms with E-state index in [1.54, 1.807) is 49.6 Å². The lowest BCUT2D eigenvalue weighted by molar-refractivity contribution is -0.143. The Bertz CT molecular complexity index is 1460. The van der Waals surface area contributed by atoms with Crippen molar-refractivity contribution in [3.8, 4) is 28.6 Å². The van der Waals surface area contributed by atoms with Crippen LogP contribution in [-0.2, 0) is 17.5 Å². The number of carbonyl (C=O) groups is 1. The molecule has 0 radical (unpaired) electrons. The Hall–Kier alpha value is -4.45. The lowest BCUT2D eigenvalue weighted by Crippen LogP contribution is -2.18. The van der Waals surface area contributed by atoms with E-state index in [2.05, 4.69) is 10.1 Å². The Labute approximate surface area is 220 Å². The average Bonchev–Trinajstić information content (AvgIpc) is 3.38. The van der Waals surface area contributed by atoms with E-state index in [1.165, 1.54) is 18.2 Å². The van der Waals surface area contributed by atoms with E-state index in [9.17, 15) is 27.5 Å². The zero-order valence-corrected chi connectivity index (χ0v) is 20.6. The fourth-order valence-electron chi connectivity index (χ4n) is 3.73. The quantitative estimate of drug-likeness (QED) is 0.188. The maximum absolute atomic E-state index is 14.6.